The molecule has 1 aromatic rings. The van der Waals surface area contributed by atoms with Gasteiger partial charge < -0.3 is 14.8 Å². The first kappa shape index (κ1) is 14.2. The predicted molar refractivity (Wildman–Crippen MR) is 77.7 cm³/mol. The summed E-state index contributed by atoms with van der Waals surface area (Å²) in [6.45, 7) is 3.83. The Morgan fingerprint density at radius 1 is 1.47 bits per heavy atom. The van der Waals surface area contributed by atoms with Gasteiger partial charge >= 0.3 is 0 Å². The van der Waals surface area contributed by atoms with Crippen LogP contribution in [-0.2, 0) is 4.74 Å². The molecule has 1 N–H and O–H groups in total. The summed E-state index contributed by atoms with van der Waals surface area (Å²) >= 11 is 6.02. The van der Waals surface area contributed by atoms with E-state index in [0.29, 0.717) is 5.02 Å². The quantitative estimate of drug-likeness (QED) is 0.862. The molecule has 0 radical (unpaired) electrons. The molecule has 0 bridgehead atoms. The molecule has 0 aliphatic carbocycles. The predicted octanol–water partition coefficient (Wildman–Crippen LogP) is 3.69. The fourth-order valence-corrected chi connectivity index (χ4v) is 2.38. The Morgan fingerprint density at radius 2 is 2.32 bits per heavy atom. The minimum atomic E-state index is 0.0367. The first-order valence-corrected chi connectivity index (χ1v) is 7.03. The highest BCUT2D eigenvalue weighted by Crippen LogP contribution is 2.34. The van der Waals surface area contributed by atoms with Crippen molar-refractivity contribution >= 4 is 11.6 Å². The topological polar surface area (TPSA) is 30.5 Å². The molecule has 0 aromatic heterocycles. The minimum absolute atomic E-state index is 0.0367. The van der Waals surface area contributed by atoms with Crippen LogP contribution in [0.4, 0.5) is 0 Å². The van der Waals surface area contributed by atoms with Crippen molar-refractivity contribution in [2.75, 3.05) is 20.3 Å². The van der Waals surface area contributed by atoms with Crippen molar-refractivity contribution in [3.63, 3.8) is 0 Å². The highest BCUT2D eigenvalue weighted by Gasteiger charge is 2.23. The molecule has 3 nitrogen and oxygen atoms in total. The maximum absolute atomic E-state index is 6.02. The van der Waals surface area contributed by atoms with E-state index in [1.165, 1.54) is 0 Å². The van der Waals surface area contributed by atoms with Crippen molar-refractivity contribution in [3.8, 4) is 5.75 Å². The maximum atomic E-state index is 6.02. The van der Waals surface area contributed by atoms with E-state index in [2.05, 4.69) is 18.3 Å². The monoisotopic (exact) mass is 281 g/mol. The lowest BCUT2D eigenvalue weighted by molar-refractivity contribution is 0.214. The molecule has 0 saturated heterocycles. The molecule has 1 atom stereocenters. The van der Waals surface area contributed by atoms with Crippen LogP contribution in [0.5, 0.6) is 5.75 Å². The lowest BCUT2D eigenvalue weighted by atomic mass is 10.0. The highest BCUT2D eigenvalue weighted by molar-refractivity contribution is 6.30. The molecule has 1 heterocycles. The highest BCUT2D eigenvalue weighted by atomic mass is 35.5. The molecule has 1 aliphatic rings. The lowest BCUT2D eigenvalue weighted by Gasteiger charge is -2.22. The zero-order valence-electron chi connectivity index (χ0n) is 11.4. The van der Waals surface area contributed by atoms with Gasteiger partial charge in [-0.25, -0.2) is 0 Å². The molecular weight excluding hydrogens is 262 g/mol. The van der Waals surface area contributed by atoms with Gasteiger partial charge in [-0.05, 0) is 31.2 Å². The summed E-state index contributed by atoms with van der Waals surface area (Å²) in [5, 5.41) is 4.18. The van der Waals surface area contributed by atoms with Crippen LogP contribution in [0.25, 0.3) is 0 Å². The van der Waals surface area contributed by atoms with E-state index in [1.54, 1.807) is 7.11 Å². The number of hydrogen-bond acceptors (Lipinski definition) is 3. The van der Waals surface area contributed by atoms with Gasteiger partial charge in [-0.1, -0.05) is 24.6 Å². The summed E-state index contributed by atoms with van der Waals surface area (Å²) in [7, 11) is 1.66. The number of benzene rings is 1. The van der Waals surface area contributed by atoms with Gasteiger partial charge in [0.05, 0.1) is 19.8 Å². The van der Waals surface area contributed by atoms with E-state index in [4.69, 9.17) is 21.1 Å². The maximum Gasteiger partial charge on any atom is 0.125 e. The van der Waals surface area contributed by atoms with Crippen LogP contribution in [-0.4, -0.2) is 20.3 Å². The van der Waals surface area contributed by atoms with Crippen LogP contribution in [0, 0.1) is 0 Å². The van der Waals surface area contributed by atoms with Gasteiger partial charge in [0.1, 0.15) is 11.5 Å². The largest absolute Gasteiger partial charge is 0.496 e. The van der Waals surface area contributed by atoms with Crippen LogP contribution in [0.2, 0.25) is 5.02 Å². The van der Waals surface area contributed by atoms with Crippen molar-refractivity contribution < 1.29 is 9.47 Å². The zero-order chi connectivity index (χ0) is 13.7. The van der Waals surface area contributed by atoms with Gasteiger partial charge in [0, 0.05) is 17.0 Å². The summed E-state index contributed by atoms with van der Waals surface area (Å²) in [5.74, 6) is 1.77. The van der Waals surface area contributed by atoms with Gasteiger partial charge in [-0.15, -0.1) is 0 Å². The van der Waals surface area contributed by atoms with Crippen LogP contribution in [0.3, 0.4) is 0 Å². The van der Waals surface area contributed by atoms with Gasteiger partial charge in [0.15, 0.2) is 0 Å². The van der Waals surface area contributed by atoms with Crippen molar-refractivity contribution in [2.24, 2.45) is 0 Å². The Morgan fingerprint density at radius 3 is 2.95 bits per heavy atom. The molecule has 0 fully saturated rings. The average molecular weight is 282 g/mol. The Balaban J connectivity index is 2.31. The summed E-state index contributed by atoms with van der Waals surface area (Å²) in [6, 6.07) is 5.76. The van der Waals surface area contributed by atoms with E-state index >= 15 is 0 Å². The number of ether oxygens (including phenoxy) is 2. The first-order chi connectivity index (χ1) is 9.26. The Hall–Kier alpha value is -1.19. The third-order valence-corrected chi connectivity index (χ3v) is 3.36. The third-order valence-electron chi connectivity index (χ3n) is 3.12. The summed E-state index contributed by atoms with van der Waals surface area (Å²) in [5.41, 5.74) is 1.06. The van der Waals surface area contributed by atoms with E-state index in [0.717, 1.165) is 43.1 Å². The number of hydrogen-bond donors (Lipinski definition) is 1. The summed E-state index contributed by atoms with van der Waals surface area (Å²) in [6.07, 6.45) is 4.18. The molecule has 4 heteroatoms. The zero-order valence-corrected chi connectivity index (χ0v) is 12.2. The van der Waals surface area contributed by atoms with E-state index in [-0.39, 0.29) is 6.04 Å². The van der Waals surface area contributed by atoms with Crippen molar-refractivity contribution in [2.45, 2.75) is 25.8 Å². The van der Waals surface area contributed by atoms with Gasteiger partial charge in [-0.2, -0.15) is 0 Å². The minimum Gasteiger partial charge on any atom is -0.496 e. The number of methoxy groups -OCH3 is 1. The molecule has 1 aliphatic heterocycles. The summed E-state index contributed by atoms with van der Waals surface area (Å²) in [4.78, 5) is 0. The molecule has 2 rings (SSSR count). The van der Waals surface area contributed by atoms with Crippen molar-refractivity contribution in [3.05, 3.63) is 40.6 Å². The Kier molecular flexibility index (Phi) is 5.11. The Labute approximate surface area is 119 Å². The fourth-order valence-electron chi connectivity index (χ4n) is 2.21. The molecule has 1 unspecified atom stereocenters. The molecule has 0 amide bonds. The van der Waals surface area contributed by atoms with Crippen LogP contribution < -0.4 is 10.1 Å². The van der Waals surface area contributed by atoms with Gasteiger partial charge in [0.25, 0.3) is 0 Å². The van der Waals surface area contributed by atoms with Crippen LogP contribution >= 0.6 is 11.6 Å². The second kappa shape index (κ2) is 6.83. The first-order valence-electron chi connectivity index (χ1n) is 6.66. The molecule has 19 heavy (non-hydrogen) atoms. The van der Waals surface area contributed by atoms with E-state index in [1.807, 2.05) is 18.2 Å². The lowest BCUT2D eigenvalue weighted by Crippen LogP contribution is -2.24. The standard InChI is InChI=1S/C15H20ClNO2/c1-3-8-17-15(13-5-4-9-19-13)12-7-6-11(16)10-14(12)18-2/h5-7,10,15,17H,3-4,8-9H2,1-2H3. The van der Waals surface area contributed by atoms with E-state index in [9.17, 15) is 0 Å². The smallest absolute Gasteiger partial charge is 0.125 e. The molecule has 0 saturated carbocycles. The molecular formula is C15H20ClNO2. The summed E-state index contributed by atoms with van der Waals surface area (Å²) < 4.78 is 11.1. The molecule has 1 aromatic carbocycles. The normalized spacial score (nSPS) is 15.8. The average Bonchev–Trinajstić information content (AvgIpc) is 2.94. The third kappa shape index (κ3) is 3.43. The number of halogens is 1. The Bertz CT molecular complexity index is 459. The van der Waals surface area contributed by atoms with Crippen molar-refractivity contribution in [1.82, 2.24) is 5.32 Å². The van der Waals surface area contributed by atoms with Gasteiger partial charge in [0.2, 0.25) is 0 Å². The molecule has 0 spiro atoms. The number of rotatable bonds is 6. The molecule has 104 valence electrons. The van der Waals surface area contributed by atoms with E-state index < -0.39 is 0 Å². The fraction of sp³-hybridized carbons (Fsp3) is 0.467. The van der Waals surface area contributed by atoms with Crippen LogP contribution in [0.15, 0.2) is 30.0 Å². The van der Waals surface area contributed by atoms with Gasteiger partial charge in [-0.3, -0.25) is 0 Å². The second-order valence-corrected chi connectivity index (χ2v) is 4.95. The SMILES string of the molecule is CCCNC(C1=CCCO1)c1ccc(Cl)cc1OC. The number of nitrogens with one attached hydrogen (secondary N) is 1. The van der Waals surface area contributed by atoms with Crippen molar-refractivity contribution in [1.29, 1.82) is 0 Å². The second-order valence-electron chi connectivity index (χ2n) is 4.52. The van der Waals surface area contributed by atoms with Crippen LogP contribution in [0.1, 0.15) is 31.4 Å².